The van der Waals surface area contributed by atoms with Crippen LogP contribution in [0, 0.1) is 0 Å². The molecule has 0 saturated carbocycles. The van der Waals surface area contributed by atoms with Crippen molar-refractivity contribution in [3.63, 3.8) is 0 Å². The minimum Gasteiger partial charge on any atom is -0.399 e. The van der Waals surface area contributed by atoms with Crippen LogP contribution in [0.1, 0.15) is 0 Å². The quantitative estimate of drug-likeness (QED) is 0.460. The van der Waals surface area contributed by atoms with Crippen molar-refractivity contribution < 1.29 is 25.2 Å². The molecule has 1 saturated heterocycles. The van der Waals surface area contributed by atoms with E-state index in [-0.39, 0.29) is 0 Å². The van der Waals surface area contributed by atoms with Gasteiger partial charge in [-0.2, -0.15) is 0 Å². The van der Waals surface area contributed by atoms with Crippen LogP contribution in [-0.2, 0) is 4.74 Å². The van der Waals surface area contributed by atoms with Gasteiger partial charge in [-0.15, -0.1) is 0 Å². The molecule has 0 aliphatic carbocycles. The van der Waals surface area contributed by atoms with Crippen LogP contribution in [0.5, 0.6) is 0 Å². The van der Waals surface area contributed by atoms with Gasteiger partial charge in [-0.3, -0.25) is 0 Å². The van der Waals surface area contributed by atoms with Crippen LogP contribution in [0.3, 0.4) is 0 Å². The van der Waals surface area contributed by atoms with Gasteiger partial charge in [0.1, 0.15) is 29.9 Å². The smallest absolute Gasteiger partial charge is 0.136 e. The zero-order valence-corrected chi connectivity index (χ0v) is 10.9. The van der Waals surface area contributed by atoms with Crippen LogP contribution < -0.4 is 5.73 Å². The number of aliphatic hydroxyl groups is 4. The van der Waals surface area contributed by atoms with Crippen LogP contribution in [0.2, 0.25) is 0 Å². The standard InChI is InChI=1S/C12H17NO5S/c13-6-1-3-7(4-2-6)19-12-11(17)10(16)9(15)8(5-14)18-12/h1-4,8-12,14-17H,5,13H2/t8?,9-,10+,11+,12+/m1/s1. The molecule has 6 N–H and O–H groups in total. The Hall–Kier alpha value is -0.830. The van der Waals surface area contributed by atoms with Gasteiger partial charge >= 0.3 is 0 Å². The second-order valence-corrected chi connectivity index (χ2v) is 5.56. The summed E-state index contributed by atoms with van der Waals surface area (Å²) in [5, 5.41) is 38.3. The first kappa shape index (κ1) is 14.6. The summed E-state index contributed by atoms with van der Waals surface area (Å²) < 4.78 is 5.39. The molecule has 106 valence electrons. The Kier molecular flexibility index (Phi) is 4.67. The van der Waals surface area contributed by atoms with Gasteiger partial charge in [0.05, 0.1) is 6.61 Å². The Morgan fingerprint density at radius 2 is 1.68 bits per heavy atom. The Morgan fingerprint density at radius 3 is 2.26 bits per heavy atom. The number of thioether (sulfide) groups is 1. The number of anilines is 1. The molecule has 0 radical (unpaired) electrons. The minimum atomic E-state index is -1.35. The topological polar surface area (TPSA) is 116 Å². The number of hydrogen-bond donors (Lipinski definition) is 5. The summed E-state index contributed by atoms with van der Waals surface area (Å²) in [5.74, 6) is 0. The van der Waals surface area contributed by atoms with Crippen molar-refractivity contribution in [1.29, 1.82) is 0 Å². The predicted octanol–water partition coefficient (Wildman–Crippen LogP) is -0.839. The van der Waals surface area contributed by atoms with E-state index in [0.717, 1.165) is 4.90 Å². The molecule has 1 heterocycles. The zero-order chi connectivity index (χ0) is 14.0. The number of nitrogens with two attached hydrogens (primary N) is 1. The molecule has 1 aromatic carbocycles. The molecule has 6 nitrogen and oxygen atoms in total. The minimum absolute atomic E-state index is 0.427. The SMILES string of the molecule is Nc1ccc(S[C@@H]2OC(CO)[C@@H](O)[C@H](O)[C@@H]2O)cc1. The fourth-order valence-electron chi connectivity index (χ4n) is 1.85. The van der Waals surface area contributed by atoms with E-state index in [1.165, 1.54) is 11.8 Å². The van der Waals surface area contributed by atoms with Crippen LogP contribution >= 0.6 is 11.8 Å². The third-order valence-electron chi connectivity index (χ3n) is 2.98. The van der Waals surface area contributed by atoms with Gasteiger partial charge in [-0.1, -0.05) is 11.8 Å². The van der Waals surface area contributed by atoms with Crippen molar-refractivity contribution in [3.8, 4) is 0 Å². The van der Waals surface area contributed by atoms with Crippen LogP contribution in [-0.4, -0.2) is 56.9 Å². The number of benzene rings is 1. The molecule has 0 bridgehead atoms. The lowest BCUT2D eigenvalue weighted by atomic mass is 10.0. The highest BCUT2D eigenvalue weighted by atomic mass is 32.2. The van der Waals surface area contributed by atoms with Gasteiger partial charge in [-0.05, 0) is 24.3 Å². The Bertz CT molecular complexity index is 413. The molecule has 5 atom stereocenters. The molecule has 0 aromatic heterocycles. The van der Waals surface area contributed by atoms with Gasteiger partial charge in [0.25, 0.3) is 0 Å². The maximum atomic E-state index is 9.87. The second kappa shape index (κ2) is 6.08. The highest BCUT2D eigenvalue weighted by Gasteiger charge is 2.43. The molecular formula is C12H17NO5S. The van der Waals surface area contributed by atoms with Crippen LogP contribution in [0.15, 0.2) is 29.2 Å². The van der Waals surface area contributed by atoms with Crippen molar-refractivity contribution >= 4 is 17.4 Å². The lowest BCUT2D eigenvalue weighted by Gasteiger charge is -2.39. The van der Waals surface area contributed by atoms with E-state index in [1.807, 2.05) is 0 Å². The number of ether oxygens (including phenoxy) is 1. The molecule has 1 aliphatic heterocycles. The lowest BCUT2D eigenvalue weighted by Crippen LogP contribution is -2.57. The Labute approximate surface area is 114 Å². The molecule has 0 amide bonds. The molecule has 1 aliphatic rings. The fourth-order valence-corrected chi connectivity index (χ4v) is 2.91. The van der Waals surface area contributed by atoms with Crippen LogP contribution in [0.4, 0.5) is 5.69 Å². The van der Waals surface area contributed by atoms with E-state index in [9.17, 15) is 15.3 Å². The molecule has 1 fully saturated rings. The maximum absolute atomic E-state index is 9.87. The predicted molar refractivity (Wildman–Crippen MR) is 70.5 cm³/mol. The second-order valence-electron chi connectivity index (χ2n) is 4.38. The molecule has 0 spiro atoms. The molecule has 1 unspecified atom stereocenters. The number of aliphatic hydroxyl groups excluding tert-OH is 4. The summed E-state index contributed by atoms with van der Waals surface area (Å²) in [5.41, 5.74) is 5.43. The van der Waals surface area contributed by atoms with Gasteiger partial charge < -0.3 is 30.9 Å². The van der Waals surface area contributed by atoms with Crippen molar-refractivity contribution in [2.75, 3.05) is 12.3 Å². The molecule has 19 heavy (non-hydrogen) atoms. The molecule has 1 aromatic rings. The van der Waals surface area contributed by atoms with E-state index >= 15 is 0 Å². The summed E-state index contributed by atoms with van der Waals surface area (Å²) >= 11 is 1.20. The molecule has 7 heteroatoms. The highest BCUT2D eigenvalue weighted by Crippen LogP contribution is 2.33. The molecule has 2 rings (SSSR count). The van der Waals surface area contributed by atoms with Gasteiger partial charge in [0.2, 0.25) is 0 Å². The van der Waals surface area contributed by atoms with E-state index in [4.69, 9.17) is 15.6 Å². The van der Waals surface area contributed by atoms with E-state index in [0.29, 0.717) is 5.69 Å². The highest BCUT2D eigenvalue weighted by molar-refractivity contribution is 7.99. The zero-order valence-electron chi connectivity index (χ0n) is 10.1. The van der Waals surface area contributed by atoms with Gasteiger partial charge in [0, 0.05) is 10.6 Å². The molecular weight excluding hydrogens is 270 g/mol. The van der Waals surface area contributed by atoms with Crippen molar-refractivity contribution in [1.82, 2.24) is 0 Å². The monoisotopic (exact) mass is 287 g/mol. The van der Waals surface area contributed by atoms with E-state index in [1.54, 1.807) is 24.3 Å². The number of hydrogen-bond acceptors (Lipinski definition) is 7. The first-order chi connectivity index (χ1) is 9.02. The Balaban J connectivity index is 2.08. The van der Waals surface area contributed by atoms with E-state index in [2.05, 4.69) is 0 Å². The lowest BCUT2D eigenvalue weighted by molar-refractivity contribution is -0.205. The summed E-state index contributed by atoms with van der Waals surface area (Å²) in [6.07, 6.45) is -4.80. The van der Waals surface area contributed by atoms with Gasteiger partial charge in [-0.25, -0.2) is 0 Å². The number of rotatable bonds is 3. The third-order valence-corrected chi connectivity index (χ3v) is 4.15. The van der Waals surface area contributed by atoms with E-state index < -0.39 is 36.5 Å². The van der Waals surface area contributed by atoms with Crippen molar-refractivity contribution in [2.45, 2.75) is 34.7 Å². The van der Waals surface area contributed by atoms with Crippen molar-refractivity contribution in [3.05, 3.63) is 24.3 Å². The normalized spacial score (nSPS) is 35.3. The van der Waals surface area contributed by atoms with Crippen LogP contribution in [0.25, 0.3) is 0 Å². The summed E-state index contributed by atoms with van der Waals surface area (Å²) in [6, 6.07) is 6.96. The summed E-state index contributed by atoms with van der Waals surface area (Å²) in [6.45, 7) is -0.427. The average molecular weight is 287 g/mol. The average Bonchev–Trinajstić information content (AvgIpc) is 2.42. The third kappa shape index (κ3) is 3.19. The fraction of sp³-hybridized carbons (Fsp3) is 0.500. The summed E-state index contributed by atoms with van der Waals surface area (Å²) in [4.78, 5) is 0.804. The maximum Gasteiger partial charge on any atom is 0.136 e. The first-order valence-corrected chi connectivity index (χ1v) is 6.73. The van der Waals surface area contributed by atoms with Gasteiger partial charge in [0.15, 0.2) is 0 Å². The summed E-state index contributed by atoms with van der Waals surface area (Å²) in [7, 11) is 0. The Morgan fingerprint density at radius 1 is 1.05 bits per heavy atom. The number of nitrogen functional groups attached to an aromatic ring is 1. The largest absolute Gasteiger partial charge is 0.399 e. The van der Waals surface area contributed by atoms with Crippen molar-refractivity contribution in [2.24, 2.45) is 0 Å². The first-order valence-electron chi connectivity index (χ1n) is 5.85.